The molecule has 1 aliphatic rings. The lowest BCUT2D eigenvalue weighted by atomic mass is 9.76. The fourth-order valence-corrected chi connectivity index (χ4v) is 3.03. The number of hydrogen-bond donors (Lipinski definition) is 2. The Balaban J connectivity index is 2.18. The van der Waals surface area contributed by atoms with E-state index in [9.17, 15) is 14.7 Å². The zero-order valence-electron chi connectivity index (χ0n) is 12.0. The van der Waals surface area contributed by atoms with E-state index in [-0.39, 0.29) is 5.91 Å². The highest BCUT2D eigenvalue weighted by molar-refractivity contribution is 9.10. The maximum atomic E-state index is 12.4. The minimum absolute atomic E-state index is 0.229. The quantitative estimate of drug-likeness (QED) is 0.813. The van der Waals surface area contributed by atoms with Gasteiger partial charge in [0, 0.05) is 10.2 Å². The van der Waals surface area contributed by atoms with Crippen molar-refractivity contribution in [3.63, 3.8) is 0 Å². The first-order chi connectivity index (χ1) is 9.88. The van der Waals surface area contributed by atoms with Crippen molar-refractivity contribution in [3.8, 4) is 0 Å². The Bertz CT molecular complexity index is 609. The molecule has 1 aromatic carbocycles. The molecular weight excluding hydrogens is 334 g/mol. The number of hydrogen-bond acceptors (Lipinski definition) is 2. The zero-order valence-corrected chi connectivity index (χ0v) is 13.6. The number of carboxylic acids is 1. The average molecular weight is 352 g/mol. The van der Waals surface area contributed by atoms with Crippen LogP contribution in [0.5, 0.6) is 0 Å². The fraction of sp³-hybridized carbons (Fsp3) is 0.375. The first-order valence-corrected chi connectivity index (χ1v) is 7.62. The third-order valence-corrected chi connectivity index (χ3v) is 4.51. The SMILES string of the molecule is CC1=C(C)C[C@H](C(=O)Nc2cccc(Br)c2)[C@@H](C(=O)O)C1. The normalized spacial score (nSPS) is 22.0. The molecule has 2 rings (SSSR count). The molecule has 5 heteroatoms. The molecule has 0 saturated carbocycles. The maximum absolute atomic E-state index is 12.4. The van der Waals surface area contributed by atoms with Crippen LogP contribution in [0.2, 0.25) is 0 Å². The highest BCUT2D eigenvalue weighted by atomic mass is 79.9. The van der Waals surface area contributed by atoms with Gasteiger partial charge >= 0.3 is 5.97 Å². The molecule has 2 atom stereocenters. The minimum atomic E-state index is -0.906. The van der Waals surface area contributed by atoms with Crippen LogP contribution in [-0.4, -0.2) is 17.0 Å². The lowest BCUT2D eigenvalue weighted by molar-refractivity contribution is -0.146. The van der Waals surface area contributed by atoms with Crippen molar-refractivity contribution in [2.45, 2.75) is 26.7 Å². The molecule has 0 heterocycles. The van der Waals surface area contributed by atoms with E-state index < -0.39 is 17.8 Å². The number of anilines is 1. The van der Waals surface area contributed by atoms with Crippen molar-refractivity contribution in [3.05, 3.63) is 39.9 Å². The van der Waals surface area contributed by atoms with Crippen molar-refractivity contribution in [1.82, 2.24) is 0 Å². The van der Waals surface area contributed by atoms with Crippen molar-refractivity contribution in [2.24, 2.45) is 11.8 Å². The van der Waals surface area contributed by atoms with Crippen LogP contribution < -0.4 is 5.32 Å². The minimum Gasteiger partial charge on any atom is -0.481 e. The van der Waals surface area contributed by atoms with Crippen molar-refractivity contribution < 1.29 is 14.7 Å². The summed E-state index contributed by atoms with van der Waals surface area (Å²) in [6.45, 7) is 3.90. The second kappa shape index (κ2) is 6.43. The topological polar surface area (TPSA) is 66.4 Å². The van der Waals surface area contributed by atoms with Gasteiger partial charge in [0.2, 0.25) is 5.91 Å². The molecule has 0 spiro atoms. The van der Waals surface area contributed by atoms with E-state index in [2.05, 4.69) is 21.2 Å². The first-order valence-electron chi connectivity index (χ1n) is 6.83. The van der Waals surface area contributed by atoms with Crippen LogP contribution in [0.3, 0.4) is 0 Å². The summed E-state index contributed by atoms with van der Waals surface area (Å²) in [6.07, 6.45) is 0.945. The summed E-state index contributed by atoms with van der Waals surface area (Å²) in [5, 5.41) is 12.2. The van der Waals surface area contributed by atoms with Gasteiger partial charge in [0.1, 0.15) is 0 Å². The van der Waals surface area contributed by atoms with Gasteiger partial charge in [0.15, 0.2) is 0 Å². The van der Waals surface area contributed by atoms with Gasteiger partial charge in [-0.15, -0.1) is 0 Å². The van der Waals surface area contributed by atoms with Gasteiger partial charge in [0.05, 0.1) is 11.8 Å². The van der Waals surface area contributed by atoms with E-state index in [1.807, 2.05) is 26.0 Å². The maximum Gasteiger partial charge on any atom is 0.307 e. The molecule has 0 aromatic heterocycles. The Hall–Kier alpha value is -1.62. The monoisotopic (exact) mass is 351 g/mol. The molecule has 0 fully saturated rings. The third kappa shape index (κ3) is 3.73. The van der Waals surface area contributed by atoms with Crippen LogP contribution in [0.15, 0.2) is 39.9 Å². The number of benzene rings is 1. The van der Waals surface area contributed by atoms with Crippen LogP contribution in [0.4, 0.5) is 5.69 Å². The molecule has 21 heavy (non-hydrogen) atoms. The van der Waals surface area contributed by atoms with Crippen LogP contribution in [0.1, 0.15) is 26.7 Å². The third-order valence-electron chi connectivity index (χ3n) is 4.01. The molecule has 4 nitrogen and oxygen atoms in total. The number of carbonyl (C=O) groups excluding carboxylic acids is 1. The molecular formula is C16H18BrNO3. The van der Waals surface area contributed by atoms with Crippen LogP contribution in [0, 0.1) is 11.8 Å². The summed E-state index contributed by atoms with van der Waals surface area (Å²) < 4.78 is 0.866. The summed E-state index contributed by atoms with van der Waals surface area (Å²) in [6, 6.07) is 7.27. The van der Waals surface area contributed by atoms with E-state index in [0.29, 0.717) is 18.5 Å². The first kappa shape index (κ1) is 15.8. The Morgan fingerprint density at radius 1 is 1.19 bits per heavy atom. The molecule has 112 valence electrons. The number of halogens is 1. The zero-order chi connectivity index (χ0) is 15.6. The summed E-state index contributed by atoms with van der Waals surface area (Å²) in [5.74, 6) is -2.31. The van der Waals surface area contributed by atoms with Crippen molar-refractivity contribution in [2.75, 3.05) is 5.32 Å². The number of nitrogens with one attached hydrogen (secondary N) is 1. The number of allylic oxidation sites excluding steroid dienone is 2. The lowest BCUT2D eigenvalue weighted by Crippen LogP contribution is -2.36. The van der Waals surface area contributed by atoms with E-state index in [1.54, 1.807) is 12.1 Å². The van der Waals surface area contributed by atoms with E-state index in [4.69, 9.17) is 0 Å². The fourth-order valence-electron chi connectivity index (χ4n) is 2.63. The molecule has 0 saturated heterocycles. The molecule has 0 radical (unpaired) electrons. The molecule has 0 aliphatic heterocycles. The predicted molar refractivity (Wildman–Crippen MR) is 85.0 cm³/mol. The largest absolute Gasteiger partial charge is 0.481 e. The smallest absolute Gasteiger partial charge is 0.307 e. The Kier molecular flexibility index (Phi) is 4.83. The predicted octanol–water partition coefficient (Wildman–Crippen LogP) is 3.83. The highest BCUT2D eigenvalue weighted by Crippen LogP contribution is 2.35. The lowest BCUT2D eigenvalue weighted by Gasteiger charge is -2.29. The standard InChI is InChI=1S/C16H18BrNO3/c1-9-6-13(14(16(20)21)7-10(9)2)15(19)18-12-5-3-4-11(17)8-12/h3-5,8,13-14H,6-7H2,1-2H3,(H,18,19)(H,20,21)/t13-,14-/m0/s1. The van der Waals surface area contributed by atoms with Gasteiger partial charge < -0.3 is 10.4 Å². The van der Waals surface area contributed by atoms with Gasteiger partial charge in [0.25, 0.3) is 0 Å². The van der Waals surface area contributed by atoms with Crippen LogP contribution in [-0.2, 0) is 9.59 Å². The van der Waals surface area contributed by atoms with E-state index in [1.165, 1.54) is 0 Å². The van der Waals surface area contributed by atoms with Gasteiger partial charge in [-0.25, -0.2) is 0 Å². The summed E-state index contributed by atoms with van der Waals surface area (Å²) in [7, 11) is 0. The van der Waals surface area contributed by atoms with Crippen LogP contribution in [0.25, 0.3) is 0 Å². The van der Waals surface area contributed by atoms with Gasteiger partial charge in [-0.1, -0.05) is 33.1 Å². The molecule has 0 bridgehead atoms. The summed E-state index contributed by atoms with van der Waals surface area (Å²) in [5.41, 5.74) is 2.86. The molecule has 1 aliphatic carbocycles. The Labute approximate surface area is 132 Å². The number of amides is 1. The average Bonchev–Trinajstić information content (AvgIpc) is 2.41. The summed E-state index contributed by atoms with van der Waals surface area (Å²) in [4.78, 5) is 23.9. The van der Waals surface area contributed by atoms with E-state index in [0.717, 1.165) is 15.6 Å². The number of carbonyl (C=O) groups is 2. The molecule has 1 amide bonds. The van der Waals surface area contributed by atoms with Crippen molar-refractivity contribution in [1.29, 1.82) is 0 Å². The van der Waals surface area contributed by atoms with Gasteiger partial charge in [-0.2, -0.15) is 0 Å². The number of rotatable bonds is 3. The van der Waals surface area contributed by atoms with Gasteiger partial charge in [-0.3, -0.25) is 9.59 Å². The molecule has 0 unspecified atom stereocenters. The second-order valence-electron chi connectivity index (χ2n) is 5.52. The van der Waals surface area contributed by atoms with Gasteiger partial charge in [-0.05, 0) is 44.9 Å². The number of aliphatic carboxylic acids is 1. The molecule has 1 aromatic rings. The molecule has 2 N–H and O–H groups in total. The number of carboxylic acid groups (broad SMARTS) is 1. The van der Waals surface area contributed by atoms with Crippen LogP contribution >= 0.6 is 15.9 Å². The highest BCUT2D eigenvalue weighted by Gasteiger charge is 2.37. The second-order valence-corrected chi connectivity index (χ2v) is 6.44. The Morgan fingerprint density at radius 2 is 1.81 bits per heavy atom. The van der Waals surface area contributed by atoms with Crippen molar-refractivity contribution >= 4 is 33.5 Å². The Morgan fingerprint density at radius 3 is 2.38 bits per heavy atom. The van der Waals surface area contributed by atoms with E-state index >= 15 is 0 Å². The summed E-state index contributed by atoms with van der Waals surface area (Å²) >= 11 is 3.35.